The Kier molecular flexibility index (Phi) is 4.41. The zero-order valence-corrected chi connectivity index (χ0v) is 15.8. The predicted octanol–water partition coefficient (Wildman–Crippen LogP) is 4.91. The fourth-order valence-electron chi connectivity index (χ4n) is 3.77. The van der Waals surface area contributed by atoms with E-state index in [9.17, 15) is 9.59 Å². The topological polar surface area (TPSA) is 49.4 Å². The minimum absolute atomic E-state index is 0.0322. The monoisotopic (exact) mass is 366 g/mol. The average Bonchev–Trinajstić information content (AvgIpc) is 3.10. The molecule has 0 saturated carbocycles. The predicted molar refractivity (Wildman–Crippen MR) is 105 cm³/mol. The van der Waals surface area contributed by atoms with Gasteiger partial charge in [0, 0.05) is 28.5 Å². The molecule has 1 atom stereocenters. The smallest absolute Gasteiger partial charge is 0.230 e. The van der Waals surface area contributed by atoms with Gasteiger partial charge in [-0.1, -0.05) is 32.0 Å². The zero-order chi connectivity index (χ0) is 18.3. The Bertz CT molecular complexity index is 883. The summed E-state index contributed by atoms with van der Waals surface area (Å²) in [6.45, 7) is 3.82. The molecule has 4 rings (SSSR count). The van der Waals surface area contributed by atoms with Crippen LogP contribution in [0.5, 0.6) is 0 Å². The van der Waals surface area contributed by atoms with Crippen molar-refractivity contribution in [3.8, 4) is 0 Å². The molecular formula is C21H22N2O2S. The van der Waals surface area contributed by atoms with Crippen LogP contribution in [0.2, 0.25) is 0 Å². The number of hydrogen-bond acceptors (Lipinski definition) is 4. The van der Waals surface area contributed by atoms with E-state index in [0.717, 1.165) is 40.4 Å². The number of Topliss-reactive ketones (excluding diaryl/α,β-unsaturated/α-hetero) is 1. The summed E-state index contributed by atoms with van der Waals surface area (Å²) in [5, 5.41) is 5.48. The first-order valence-electron chi connectivity index (χ1n) is 9.06. The Balaban J connectivity index is 2.00. The van der Waals surface area contributed by atoms with Crippen LogP contribution in [0.3, 0.4) is 0 Å². The van der Waals surface area contributed by atoms with E-state index < -0.39 is 0 Å². The Hall–Kier alpha value is -2.40. The Labute approximate surface area is 157 Å². The van der Waals surface area contributed by atoms with E-state index >= 15 is 0 Å². The molecule has 0 radical (unpaired) electrons. The van der Waals surface area contributed by atoms with Crippen molar-refractivity contribution in [1.29, 1.82) is 0 Å². The number of ketones is 1. The number of fused-ring (bicyclic) bond motifs is 1. The molecule has 1 aromatic heterocycles. The van der Waals surface area contributed by atoms with Crippen LogP contribution in [0.15, 0.2) is 53.0 Å². The molecule has 134 valence electrons. The minimum atomic E-state index is -0.358. The molecule has 0 spiro atoms. The number of rotatable bonds is 2. The number of carbonyl (C=O) groups excluding carboxylic acids is 2. The van der Waals surface area contributed by atoms with Gasteiger partial charge in [-0.05, 0) is 36.4 Å². The lowest BCUT2D eigenvalue weighted by Crippen LogP contribution is -2.39. The average molecular weight is 366 g/mol. The Morgan fingerprint density at radius 3 is 2.73 bits per heavy atom. The highest BCUT2D eigenvalue weighted by Gasteiger charge is 2.40. The van der Waals surface area contributed by atoms with Gasteiger partial charge in [-0.25, -0.2) is 0 Å². The second kappa shape index (κ2) is 6.72. The number of hydrogen-bond donors (Lipinski definition) is 1. The normalized spacial score (nSPS) is 19.7. The second-order valence-corrected chi connectivity index (χ2v) is 8.07. The van der Waals surface area contributed by atoms with E-state index in [2.05, 4.69) is 5.32 Å². The molecule has 4 nitrogen and oxygen atoms in total. The zero-order valence-electron chi connectivity index (χ0n) is 15.0. The van der Waals surface area contributed by atoms with Gasteiger partial charge in [0.1, 0.15) is 6.04 Å². The van der Waals surface area contributed by atoms with Crippen molar-refractivity contribution in [1.82, 2.24) is 0 Å². The first kappa shape index (κ1) is 17.0. The number of anilines is 2. The molecule has 0 saturated heterocycles. The van der Waals surface area contributed by atoms with Gasteiger partial charge in [-0.3, -0.25) is 14.5 Å². The molecule has 5 heteroatoms. The van der Waals surface area contributed by atoms with Crippen molar-refractivity contribution in [2.45, 2.75) is 39.2 Å². The largest absolute Gasteiger partial charge is 0.357 e. The number of amides is 1. The molecule has 1 aliphatic carbocycles. The quantitative estimate of drug-likeness (QED) is 0.821. The first-order chi connectivity index (χ1) is 12.6. The summed E-state index contributed by atoms with van der Waals surface area (Å²) in [6, 6.07) is 11.5. The number of nitrogens with one attached hydrogen (secondary N) is 1. The summed E-state index contributed by atoms with van der Waals surface area (Å²) < 4.78 is 0. The molecule has 1 aliphatic heterocycles. The standard InChI is InChI=1S/C21H22N2O2S/c1-13(2)21(25)23-16-9-4-3-7-14(16)22-15-8-5-10-17(24)19(15)20(23)18-11-6-12-26-18/h3-4,6-7,9,11-13,20,22H,5,8,10H2,1-2H3. The molecule has 0 fully saturated rings. The number of thiophene rings is 1. The maximum Gasteiger partial charge on any atom is 0.230 e. The van der Waals surface area contributed by atoms with Gasteiger partial charge in [0.15, 0.2) is 5.78 Å². The molecular weight excluding hydrogens is 344 g/mol. The highest BCUT2D eigenvalue weighted by molar-refractivity contribution is 7.10. The second-order valence-electron chi connectivity index (χ2n) is 7.09. The Morgan fingerprint density at radius 2 is 2.00 bits per heavy atom. The number of nitrogens with zero attached hydrogens (tertiary/aromatic N) is 1. The van der Waals surface area contributed by atoms with Gasteiger partial charge in [0.25, 0.3) is 0 Å². The number of para-hydroxylation sites is 2. The van der Waals surface area contributed by atoms with Crippen molar-refractivity contribution in [3.05, 3.63) is 57.9 Å². The van der Waals surface area contributed by atoms with Crippen molar-refractivity contribution in [3.63, 3.8) is 0 Å². The summed E-state index contributed by atoms with van der Waals surface area (Å²) in [7, 11) is 0. The third kappa shape index (κ3) is 2.76. The number of carbonyl (C=O) groups is 2. The number of benzene rings is 1. The SMILES string of the molecule is CC(C)C(=O)N1c2ccccc2NC2=C(C(=O)CCC2)C1c1cccs1. The van der Waals surface area contributed by atoms with E-state index in [1.807, 2.05) is 60.5 Å². The summed E-state index contributed by atoms with van der Waals surface area (Å²) in [5.74, 6) is 0.0163. The van der Waals surface area contributed by atoms with Crippen LogP contribution in [0, 0.1) is 5.92 Å². The molecule has 1 N–H and O–H groups in total. The minimum Gasteiger partial charge on any atom is -0.357 e. The van der Waals surface area contributed by atoms with Gasteiger partial charge in [-0.2, -0.15) is 0 Å². The molecule has 1 unspecified atom stereocenters. The molecule has 1 aromatic carbocycles. The fourth-order valence-corrected chi connectivity index (χ4v) is 4.59. The first-order valence-corrected chi connectivity index (χ1v) is 9.94. The molecule has 26 heavy (non-hydrogen) atoms. The van der Waals surface area contributed by atoms with Crippen molar-refractivity contribution in [2.75, 3.05) is 10.2 Å². The van der Waals surface area contributed by atoms with Gasteiger partial charge in [-0.15, -0.1) is 11.3 Å². The van der Waals surface area contributed by atoms with Crippen LogP contribution < -0.4 is 10.2 Å². The van der Waals surface area contributed by atoms with Gasteiger partial charge >= 0.3 is 0 Å². The summed E-state index contributed by atoms with van der Waals surface area (Å²) in [6.07, 6.45) is 2.23. The van der Waals surface area contributed by atoms with Crippen LogP contribution in [0.1, 0.15) is 44.0 Å². The van der Waals surface area contributed by atoms with Gasteiger partial charge in [0.05, 0.1) is 11.4 Å². The van der Waals surface area contributed by atoms with Crippen LogP contribution in [0.25, 0.3) is 0 Å². The lowest BCUT2D eigenvalue weighted by atomic mass is 9.88. The van der Waals surface area contributed by atoms with Crippen LogP contribution in [0.4, 0.5) is 11.4 Å². The summed E-state index contributed by atoms with van der Waals surface area (Å²) in [4.78, 5) is 29.1. The van der Waals surface area contributed by atoms with Crippen molar-refractivity contribution < 1.29 is 9.59 Å². The molecule has 2 aromatic rings. The molecule has 2 aliphatic rings. The summed E-state index contributed by atoms with van der Waals surface area (Å²) >= 11 is 1.60. The molecule has 1 amide bonds. The van der Waals surface area contributed by atoms with Crippen molar-refractivity contribution >= 4 is 34.4 Å². The molecule has 0 bridgehead atoms. The van der Waals surface area contributed by atoms with Gasteiger partial charge in [0.2, 0.25) is 5.91 Å². The Morgan fingerprint density at radius 1 is 1.19 bits per heavy atom. The van der Waals surface area contributed by atoms with E-state index in [1.54, 1.807) is 11.3 Å². The van der Waals surface area contributed by atoms with E-state index in [-0.39, 0.29) is 23.7 Å². The van der Waals surface area contributed by atoms with Crippen molar-refractivity contribution in [2.24, 2.45) is 5.92 Å². The summed E-state index contributed by atoms with van der Waals surface area (Å²) in [5.41, 5.74) is 3.45. The highest BCUT2D eigenvalue weighted by Crippen LogP contribution is 2.46. The third-order valence-electron chi connectivity index (χ3n) is 4.98. The molecule has 2 heterocycles. The van der Waals surface area contributed by atoms with Crippen LogP contribution >= 0.6 is 11.3 Å². The number of allylic oxidation sites excluding steroid dienone is 1. The van der Waals surface area contributed by atoms with E-state index in [0.29, 0.717) is 6.42 Å². The van der Waals surface area contributed by atoms with Crippen LogP contribution in [-0.4, -0.2) is 11.7 Å². The lowest BCUT2D eigenvalue weighted by molar-refractivity contribution is -0.121. The van der Waals surface area contributed by atoms with E-state index in [4.69, 9.17) is 0 Å². The van der Waals surface area contributed by atoms with Gasteiger partial charge < -0.3 is 5.32 Å². The van der Waals surface area contributed by atoms with Crippen LogP contribution in [-0.2, 0) is 9.59 Å². The highest BCUT2D eigenvalue weighted by atomic mass is 32.1. The maximum absolute atomic E-state index is 13.3. The maximum atomic E-state index is 13.3. The van der Waals surface area contributed by atoms with E-state index in [1.165, 1.54) is 0 Å². The lowest BCUT2D eigenvalue weighted by Gasteiger charge is -2.34. The fraction of sp³-hybridized carbons (Fsp3) is 0.333. The third-order valence-corrected chi connectivity index (χ3v) is 5.91.